The number of rotatable bonds is 3. The van der Waals surface area contributed by atoms with Gasteiger partial charge in [-0.3, -0.25) is 4.99 Å². The predicted octanol–water partition coefficient (Wildman–Crippen LogP) is 4.62. The molecule has 1 aliphatic rings. The molecule has 0 amide bonds. The second-order valence-corrected chi connectivity index (χ2v) is 5.84. The smallest absolute Gasteiger partial charge is 0.0383 e. The van der Waals surface area contributed by atoms with Crippen LogP contribution in [0, 0.1) is 0 Å². The molecule has 106 valence electrons. The largest absolute Gasteiger partial charge is 0.362 e. The van der Waals surface area contributed by atoms with Gasteiger partial charge in [0.1, 0.15) is 0 Å². The monoisotopic (exact) mass is 276 g/mol. The number of benzene rings is 2. The number of nitrogens with zero attached hydrogens (tertiary/aromatic N) is 1. The SMILES string of the molecule is CN=C/C=C\Nc1ccc2c(c1)C(C)(C)c1ccccc1-2. The molecular weight excluding hydrogens is 256 g/mol. The van der Waals surface area contributed by atoms with Crippen LogP contribution in [0.15, 0.2) is 59.7 Å². The van der Waals surface area contributed by atoms with Crippen molar-refractivity contribution in [1.82, 2.24) is 0 Å². The maximum atomic E-state index is 3.92. The van der Waals surface area contributed by atoms with Crippen LogP contribution in [0.4, 0.5) is 5.69 Å². The van der Waals surface area contributed by atoms with Crippen molar-refractivity contribution in [2.45, 2.75) is 19.3 Å². The number of allylic oxidation sites excluding steroid dienone is 1. The van der Waals surface area contributed by atoms with Gasteiger partial charge in [0.05, 0.1) is 0 Å². The lowest BCUT2D eigenvalue weighted by Crippen LogP contribution is -2.15. The molecular formula is C19H20N2. The van der Waals surface area contributed by atoms with Crippen LogP contribution >= 0.6 is 0 Å². The summed E-state index contributed by atoms with van der Waals surface area (Å²) in [6.07, 6.45) is 5.57. The molecule has 0 radical (unpaired) electrons. The summed E-state index contributed by atoms with van der Waals surface area (Å²) in [6.45, 7) is 4.59. The number of hydrogen-bond donors (Lipinski definition) is 1. The summed E-state index contributed by atoms with van der Waals surface area (Å²) in [4.78, 5) is 3.92. The normalized spacial score (nSPS) is 15.4. The second kappa shape index (κ2) is 5.21. The van der Waals surface area contributed by atoms with Crippen LogP contribution in [-0.4, -0.2) is 13.3 Å². The number of fused-ring (bicyclic) bond motifs is 3. The zero-order valence-corrected chi connectivity index (χ0v) is 12.7. The quantitative estimate of drug-likeness (QED) is 0.813. The van der Waals surface area contributed by atoms with Gasteiger partial charge in [-0.2, -0.15) is 0 Å². The molecule has 0 aromatic heterocycles. The van der Waals surface area contributed by atoms with E-state index >= 15 is 0 Å². The van der Waals surface area contributed by atoms with Gasteiger partial charge in [0.2, 0.25) is 0 Å². The van der Waals surface area contributed by atoms with Crippen molar-refractivity contribution in [2.75, 3.05) is 12.4 Å². The summed E-state index contributed by atoms with van der Waals surface area (Å²) >= 11 is 0. The molecule has 1 aliphatic carbocycles. The highest BCUT2D eigenvalue weighted by Crippen LogP contribution is 2.49. The fourth-order valence-corrected chi connectivity index (χ4v) is 3.07. The second-order valence-electron chi connectivity index (χ2n) is 5.84. The van der Waals surface area contributed by atoms with Crippen LogP contribution in [0.1, 0.15) is 25.0 Å². The Morgan fingerprint density at radius 3 is 2.57 bits per heavy atom. The van der Waals surface area contributed by atoms with Gasteiger partial charge in [-0.05, 0) is 40.5 Å². The van der Waals surface area contributed by atoms with Crippen molar-refractivity contribution in [3.8, 4) is 11.1 Å². The van der Waals surface area contributed by atoms with E-state index in [9.17, 15) is 0 Å². The Bertz CT molecular complexity index is 724. The maximum absolute atomic E-state index is 3.92. The highest BCUT2D eigenvalue weighted by atomic mass is 14.8. The summed E-state index contributed by atoms with van der Waals surface area (Å²) in [6, 6.07) is 15.3. The molecule has 3 rings (SSSR count). The zero-order valence-electron chi connectivity index (χ0n) is 12.7. The fraction of sp³-hybridized carbons (Fsp3) is 0.211. The molecule has 2 aromatic carbocycles. The molecule has 0 bridgehead atoms. The van der Waals surface area contributed by atoms with Gasteiger partial charge in [-0.15, -0.1) is 0 Å². The maximum Gasteiger partial charge on any atom is 0.0383 e. The van der Waals surface area contributed by atoms with Crippen molar-refractivity contribution in [2.24, 2.45) is 4.99 Å². The van der Waals surface area contributed by atoms with Crippen molar-refractivity contribution in [3.05, 3.63) is 65.9 Å². The predicted molar refractivity (Wildman–Crippen MR) is 91.2 cm³/mol. The lowest BCUT2D eigenvalue weighted by Gasteiger charge is -2.21. The molecule has 0 atom stereocenters. The van der Waals surface area contributed by atoms with E-state index in [0.717, 1.165) is 5.69 Å². The Morgan fingerprint density at radius 2 is 1.76 bits per heavy atom. The molecule has 0 spiro atoms. The summed E-state index contributed by atoms with van der Waals surface area (Å²) in [5.41, 5.74) is 6.66. The summed E-state index contributed by atoms with van der Waals surface area (Å²) < 4.78 is 0. The minimum atomic E-state index is 0.0538. The summed E-state index contributed by atoms with van der Waals surface area (Å²) in [5, 5.41) is 3.30. The average Bonchev–Trinajstić information content (AvgIpc) is 2.73. The van der Waals surface area contributed by atoms with Crippen LogP contribution in [-0.2, 0) is 5.41 Å². The highest BCUT2D eigenvalue weighted by Gasteiger charge is 2.34. The molecule has 2 aromatic rings. The Balaban J connectivity index is 1.99. The van der Waals surface area contributed by atoms with E-state index in [-0.39, 0.29) is 5.41 Å². The minimum Gasteiger partial charge on any atom is -0.362 e. The highest BCUT2D eigenvalue weighted by molar-refractivity contribution is 5.82. The summed E-state index contributed by atoms with van der Waals surface area (Å²) in [5.74, 6) is 0. The third kappa shape index (κ3) is 2.27. The molecule has 0 aliphatic heterocycles. The van der Waals surface area contributed by atoms with Gasteiger partial charge >= 0.3 is 0 Å². The molecule has 0 saturated carbocycles. The first-order valence-corrected chi connectivity index (χ1v) is 7.23. The molecule has 21 heavy (non-hydrogen) atoms. The lowest BCUT2D eigenvalue weighted by atomic mass is 9.82. The molecule has 2 nitrogen and oxygen atoms in total. The van der Waals surface area contributed by atoms with Crippen molar-refractivity contribution < 1.29 is 0 Å². The Kier molecular flexibility index (Phi) is 3.38. The van der Waals surface area contributed by atoms with Gasteiger partial charge < -0.3 is 5.32 Å². The number of anilines is 1. The Morgan fingerprint density at radius 1 is 1.00 bits per heavy atom. The standard InChI is InChI=1S/C19H20N2/c1-19(2)17-8-5-4-7-15(17)16-10-9-14(13-18(16)19)21-12-6-11-20-3/h4-13,21H,1-3H3/b12-6-,20-11?. The van der Waals surface area contributed by atoms with E-state index in [1.165, 1.54) is 22.3 Å². The van der Waals surface area contributed by atoms with Gasteiger partial charge in [-0.1, -0.05) is 44.2 Å². The van der Waals surface area contributed by atoms with Crippen LogP contribution in [0.2, 0.25) is 0 Å². The van der Waals surface area contributed by atoms with E-state index in [1.54, 1.807) is 13.3 Å². The van der Waals surface area contributed by atoms with Crippen LogP contribution in [0.5, 0.6) is 0 Å². The molecule has 0 fully saturated rings. The number of nitrogens with one attached hydrogen (secondary N) is 1. The zero-order chi connectivity index (χ0) is 14.9. The summed E-state index contributed by atoms with van der Waals surface area (Å²) in [7, 11) is 1.76. The molecule has 2 heteroatoms. The van der Waals surface area contributed by atoms with E-state index in [2.05, 4.69) is 66.6 Å². The third-order valence-corrected chi connectivity index (χ3v) is 4.16. The van der Waals surface area contributed by atoms with Crippen molar-refractivity contribution in [3.63, 3.8) is 0 Å². The average molecular weight is 276 g/mol. The van der Waals surface area contributed by atoms with Gasteiger partial charge in [-0.25, -0.2) is 0 Å². The first kappa shape index (κ1) is 13.6. The Hall–Kier alpha value is -2.35. The van der Waals surface area contributed by atoms with Gasteiger partial charge in [0, 0.05) is 30.6 Å². The number of hydrogen-bond acceptors (Lipinski definition) is 2. The molecule has 0 saturated heterocycles. The first-order chi connectivity index (χ1) is 10.1. The first-order valence-electron chi connectivity index (χ1n) is 7.23. The van der Waals surface area contributed by atoms with Gasteiger partial charge in [0.25, 0.3) is 0 Å². The fourth-order valence-electron chi connectivity index (χ4n) is 3.07. The van der Waals surface area contributed by atoms with Gasteiger partial charge in [0.15, 0.2) is 0 Å². The van der Waals surface area contributed by atoms with E-state index < -0.39 is 0 Å². The van der Waals surface area contributed by atoms with E-state index in [0.29, 0.717) is 0 Å². The van der Waals surface area contributed by atoms with Crippen molar-refractivity contribution >= 4 is 11.9 Å². The van der Waals surface area contributed by atoms with Crippen LogP contribution in [0.25, 0.3) is 11.1 Å². The Labute approximate surface area is 126 Å². The van der Waals surface area contributed by atoms with E-state index in [4.69, 9.17) is 0 Å². The van der Waals surface area contributed by atoms with E-state index in [1.807, 2.05) is 12.3 Å². The minimum absolute atomic E-state index is 0.0538. The van der Waals surface area contributed by atoms with Crippen LogP contribution in [0.3, 0.4) is 0 Å². The number of aliphatic imine (C=N–C) groups is 1. The van der Waals surface area contributed by atoms with Crippen LogP contribution < -0.4 is 5.32 Å². The van der Waals surface area contributed by atoms with Crippen molar-refractivity contribution in [1.29, 1.82) is 0 Å². The topological polar surface area (TPSA) is 24.4 Å². The molecule has 1 N–H and O–H groups in total. The molecule has 0 heterocycles. The third-order valence-electron chi connectivity index (χ3n) is 4.16. The molecule has 0 unspecified atom stereocenters. The lowest BCUT2D eigenvalue weighted by molar-refractivity contribution is 0.660.